The van der Waals surface area contributed by atoms with Crippen molar-refractivity contribution in [1.82, 2.24) is 5.32 Å². The molecule has 1 heterocycles. The molecule has 1 aliphatic heterocycles. The highest BCUT2D eigenvalue weighted by molar-refractivity contribution is 5.96. The van der Waals surface area contributed by atoms with Gasteiger partial charge in [0.15, 0.2) is 0 Å². The van der Waals surface area contributed by atoms with Gasteiger partial charge in [-0.15, -0.1) is 0 Å². The van der Waals surface area contributed by atoms with Crippen molar-refractivity contribution in [2.24, 2.45) is 5.92 Å². The maximum absolute atomic E-state index is 14.7. The van der Waals surface area contributed by atoms with E-state index >= 15 is 0 Å². The zero-order valence-electron chi connectivity index (χ0n) is 18.6. The highest BCUT2D eigenvalue weighted by Gasteiger charge is 2.35. The molecule has 2 atom stereocenters. The number of halogens is 1. The molecule has 1 saturated carbocycles. The number of carbonyl (C=O) groups excluding carboxylic acids is 1. The monoisotopic (exact) mass is 444 g/mol. The van der Waals surface area contributed by atoms with Gasteiger partial charge < -0.3 is 15.0 Å². The van der Waals surface area contributed by atoms with Crippen molar-refractivity contribution in [2.45, 2.75) is 44.2 Å². The van der Waals surface area contributed by atoms with E-state index in [0.717, 1.165) is 35.6 Å². The minimum absolute atomic E-state index is 0.0112. The minimum Gasteiger partial charge on any atom is -0.457 e. The minimum atomic E-state index is -0.169. The standard InChI is InChI=1S/C28H29FN2O2/c29-26-13-7-6-12-25(26)28(20-8-4-5-9-20)30-21-18-27(32)31(19-21)22-14-16-24(17-15-22)33-23-10-2-1-3-11-23/h1-3,6-7,10-17,20-21,28,30H,4-5,8-9,18-19H2. The molecule has 170 valence electrons. The van der Waals surface area contributed by atoms with Crippen LogP contribution in [0.1, 0.15) is 43.7 Å². The molecule has 5 rings (SSSR count). The maximum atomic E-state index is 14.7. The molecule has 4 nitrogen and oxygen atoms in total. The van der Waals surface area contributed by atoms with Gasteiger partial charge in [0.1, 0.15) is 17.3 Å². The summed E-state index contributed by atoms with van der Waals surface area (Å²) in [6, 6.07) is 24.2. The van der Waals surface area contributed by atoms with Crippen LogP contribution in [0, 0.1) is 11.7 Å². The van der Waals surface area contributed by atoms with Crippen LogP contribution in [0.5, 0.6) is 11.5 Å². The normalized spacial score (nSPS) is 19.7. The predicted octanol–water partition coefficient (Wildman–Crippen LogP) is 6.24. The number of nitrogens with zero attached hydrogens (tertiary/aromatic N) is 1. The van der Waals surface area contributed by atoms with Gasteiger partial charge in [0, 0.05) is 36.3 Å². The first-order valence-electron chi connectivity index (χ1n) is 11.8. The number of amides is 1. The van der Waals surface area contributed by atoms with Gasteiger partial charge in [0.05, 0.1) is 0 Å². The summed E-state index contributed by atoms with van der Waals surface area (Å²) in [5, 5.41) is 3.66. The van der Waals surface area contributed by atoms with E-state index in [1.165, 1.54) is 18.9 Å². The average molecular weight is 445 g/mol. The largest absolute Gasteiger partial charge is 0.457 e. The van der Waals surface area contributed by atoms with E-state index in [9.17, 15) is 9.18 Å². The molecule has 2 aliphatic rings. The number of hydrogen-bond acceptors (Lipinski definition) is 3. The molecule has 1 aliphatic carbocycles. The Bertz CT molecular complexity index is 1080. The Hall–Kier alpha value is -3.18. The fourth-order valence-corrected chi connectivity index (χ4v) is 5.14. The summed E-state index contributed by atoms with van der Waals surface area (Å²) in [4.78, 5) is 14.7. The fraction of sp³-hybridized carbons (Fsp3) is 0.321. The van der Waals surface area contributed by atoms with Gasteiger partial charge >= 0.3 is 0 Å². The van der Waals surface area contributed by atoms with Crippen LogP contribution in [0.4, 0.5) is 10.1 Å². The highest BCUT2D eigenvalue weighted by atomic mass is 19.1. The molecule has 2 fully saturated rings. The first-order valence-corrected chi connectivity index (χ1v) is 11.8. The molecule has 5 heteroatoms. The Morgan fingerprint density at radius 2 is 1.55 bits per heavy atom. The van der Waals surface area contributed by atoms with Crippen LogP contribution in [0.15, 0.2) is 78.9 Å². The zero-order chi connectivity index (χ0) is 22.6. The van der Waals surface area contributed by atoms with Crippen molar-refractivity contribution in [2.75, 3.05) is 11.4 Å². The van der Waals surface area contributed by atoms with Gasteiger partial charge in [-0.1, -0.05) is 49.2 Å². The summed E-state index contributed by atoms with van der Waals surface area (Å²) in [6.45, 7) is 0.579. The molecule has 0 bridgehead atoms. The lowest BCUT2D eigenvalue weighted by molar-refractivity contribution is -0.117. The first kappa shape index (κ1) is 21.7. The van der Waals surface area contributed by atoms with Gasteiger partial charge in [-0.2, -0.15) is 0 Å². The van der Waals surface area contributed by atoms with E-state index in [1.54, 1.807) is 6.07 Å². The van der Waals surface area contributed by atoms with E-state index in [1.807, 2.05) is 71.6 Å². The lowest BCUT2D eigenvalue weighted by Gasteiger charge is -2.29. The predicted molar refractivity (Wildman–Crippen MR) is 128 cm³/mol. The van der Waals surface area contributed by atoms with Crippen LogP contribution < -0.4 is 15.0 Å². The Morgan fingerprint density at radius 1 is 0.879 bits per heavy atom. The lowest BCUT2D eigenvalue weighted by Crippen LogP contribution is -2.38. The Kier molecular flexibility index (Phi) is 6.40. The molecule has 33 heavy (non-hydrogen) atoms. The van der Waals surface area contributed by atoms with Gasteiger partial charge in [-0.05, 0) is 61.2 Å². The van der Waals surface area contributed by atoms with Crippen molar-refractivity contribution in [3.05, 3.63) is 90.2 Å². The molecule has 0 spiro atoms. The molecule has 1 amide bonds. The summed E-state index contributed by atoms with van der Waals surface area (Å²) >= 11 is 0. The maximum Gasteiger partial charge on any atom is 0.228 e. The summed E-state index contributed by atoms with van der Waals surface area (Å²) in [5.41, 5.74) is 1.57. The third-order valence-corrected chi connectivity index (χ3v) is 6.78. The van der Waals surface area contributed by atoms with E-state index in [4.69, 9.17) is 4.74 Å². The van der Waals surface area contributed by atoms with Crippen LogP contribution in [0.2, 0.25) is 0 Å². The average Bonchev–Trinajstić information content (AvgIpc) is 3.49. The second kappa shape index (κ2) is 9.75. The molecule has 0 radical (unpaired) electrons. The third-order valence-electron chi connectivity index (χ3n) is 6.78. The van der Waals surface area contributed by atoms with Crippen molar-refractivity contribution in [3.8, 4) is 11.5 Å². The second-order valence-corrected chi connectivity index (χ2v) is 9.02. The van der Waals surface area contributed by atoms with Crippen LogP contribution in [-0.2, 0) is 4.79 Å². The molecular weight excluding hydrogens is 415 g/mol. The van der Waals surface area contributed by atoms with Crippen LogP contribution in [-0.4, -0.2) is 18.5 Å². The Balaban J connectivity index is 1.28. The van der Waals surface area contributed by atoms with Gasteiger partial charge in [-0.25, -0.2) is 4.39 Å². The molecule has 1 saturated heterocycles. The highest BCUT2D eigenvalue weighted by Crippen LogP contribution is 2.38. The topological polar surface area (TPSA) is 41.6 Å². The fourth-order valence-electron chi connectivity index (χ4n) is 5.14. The van der Waals surface area contributed by atoms with Crippen molar-refractivity contribution >= 4 is 11.6 Å². The number of carbonyl (C=O) groups is 1. The summed E-state index contributed by atoms with van der Waals surface area (Å²) < 4.78 is 20.5. The second-order valence-electron chi connectivity index (χ2n) is 9.02. The van der Waals surface area contributed by atoms with Crippen LogP contribution in [0.3, 0.4) is 0 Å². The zero-order valence-corrected chi connectivity index (χ0v) is 18.6. The van der Waals surface area contributed by atoms with E-state index < -0.39 is 0 Å². The molecular formula is C28H29FN2O2. The quantitative estimate of drug-likeness (QED) is 0.469. The summed E-state index contributed by atoms with van der Waals surface area (Å²) in [6.07, 6.45) is 4.98. The lowest BCUT2D eigenvalue weighted by atomic mass is 9.90. The van der Waals surface area contributed by atoms with Crippen LogP contribution >= 0.6 is 0 Å². The molecule has 3 aromatic rings. The third kappa shape index (κ3) is 4.93. The molecule has 0 aromatic heterocycles. The van der Waals surface area contributed by atoms with Gasteiger partial charge in [0.2, 0.25) is 5.91 Å². The molecule has 3 aromatic carbocycles. The van der Waals surface area contributed by atoms with Crippen molar-refractivity contribution in [1.29, 1.82) is 0 Å². The van der Waals surface area contributed by atoms with Crippen LogP contribution in [0.25, 0.3) is 0 Å². The number of para-hydroxylation sites is 1. The molecule has 1 N–H and O–H groups in total. The molecule has 2 unspecified atom stereocenters. The van der Waals surface area contributed by atoms with E-state index in [-0.39, 0.29) is 23.8 Å². The van der Waals surface area contributed by atoms with Crippen molar-refractivity contribution < 1.29 is 13.9 Å². The van der Waals surface area contributed by atoms with Crippen molar-refractivity contribution in [3.63, 3.8) is 0 Å². The summed E-state index contributed by atoms with van der Waals surface area (Å²) in [7, 11) is 0. The van der Waals surface area contributed by atoms with Gasteiger partial charge in [0.25, 0.3) is 0 Å². The first-order chi connectivity index (χ1) is 16.2. The smallest absolute Gasteiger partial charge is 0.228 e. The SMILES string of the molecule is O=C1CC(NC(c2ccccc2F)C2CCCC2)CN1c1ccc(Oc2ccccc2)cc1. The number of benzene rings is 3. The van der Waals surface area contributed by atoms with Gasteiger partial charge in [-0.3, -0.25) is 4.79 Å². The number of anilines is 1. The number of ether oxygens (including phenoxy) is 1. The van der Waals surface area contributed by atoms with E-state index in [2.05, 4.69) is 5.32 Å². The number of rotatable bonds is 7. The Morgan fingerprint density at radius 3 is 2.27 bits per heavy atom. The van der Waals surface area contributed by atoms with E-state index in [0.29, 0.717) is 18.9 Å². The Labute approximate surface area is 194 Å². The summed E-state index contributed by atoms with van der Waals surface area (Å²) in [5.74, 6) is 1.82. The number of nitrogens with one attached hydrogen (secondary N) is 1. The number of hydrogen-bond donors (Lipinski definition) is 1.